The van der Waals surface area contributed by atoms with Gasteiger partial charge >= 0.3 is 0 Å². The zero-order chi connectivity index (χ0) is 13.5. The van der Waals surface area contributed by atoms with Crippen molar-refractivity contribution in [2.24, 2.45) is 12.5 Å². The van der Waals surface area contributed by atoms with E-state index in [1.807, 2.05) is 35.9 Å². The smallest absolute Gasteiger partial charge is 0.147 e. The first-order valence-corrected chi connectivity index (χ1v) is 6.74. The number of para-hydroxylation sites is 2. The van der Waals surface area contributed by atoms with Crippen molar-refractivity contribution in [1.82, 2.24) is 14.9 Å². The fourth-order valence-electron chi connectivity index (χ4n) is 2.77. The van der Waals surface area contributed by atoms with Gasteiger partial charge in [0.1, 0.15) is 11.6 Å². The van der Waals surface area contributed by atoms with E-state index in [0.29, 0.717) is 6.42 Å². The molecule has 2 heterocycles. The highest BCUT2D eigenvalue weighted by molar-refractivity contribution is 5.87. The molecule has 4 nitrogen and oxygen atoms in total. The Hall–Kier alpha value is -1.68. The highest BCUT2D eigenvalue weighted by Gasteiger charge is 2.36. The predicted molar refractivity (Wildman–Crippen MR) is 75.0 cm³/mol. The minimum absolute atomic E-state index is 0.224. The molecular weight excluding hydrogens is 238 g/mol. The number of nitrogens with one attached hydrogen (secondary N) is 1. The summed E-state index contributed by atoms with van der Waals surface area (Å²) in [5.74, 6) is 1.15. The van der Waals surface area contributed by atoms with Gasteiger partial charge in [-0.15, -0.1) is 0 Å². The number of imidazole rings is 1. The van der Waals surface area contributed by atoms with Crippen LogP contribution in [0.3, 0.4) is 0 Å². The molecule has 0 radical (unpaired) electrons. The summed E-state index contributed by atoms with van der Waals surface area (Å²) >= 11 is 0. The van der Waals surface area contributed by atoms with Crippen molar-refractivity contribution in [3.63, 3.8) is 0 Å². The maximum atomic E-state index is 12.5. The van der Waals surface area contributed by atoms with Gasteiger partial charge in [0.15, 0.2) is 0 Å². The molecule has 0 saturated carbocycles. The third-order valence-corrected chi connectivity index (χ3v) is 4.24. The van der Waals surface area contributed by atoms with Crippen LogP contribution in [0.4, 0.5) is 0 Å². The molecule has 3 rings (SSSR count). The number of aryl methyl sites for hydroxylation is 1. The van der Waals surface area contributed by atoms with Crippen molar-refractivity contribution < 1.29 is 4.79 Å². The normalized spacial score (nSPS) is 23.1. The van der Waals surface area contributed by atoms with E-state index in [1.54, 1.807) is 0 Å². The van der Waals surface area contributed by atoms with Crippen LogP contribution in [0.1, 0.15) is 19.2 Å². The molecule has 1 fully saturated rings. The molecular formula is C15H19N3O. The molecule has 1 aliphatic heterocycles. The Bertz CT molecular complexity index is 623. The van der Waals surface area contributed by atoms with E-state index in [9.17, 15) is 4.79 Å². The van der Waals surface area contributed by atoms with Crippen LogP contribution in [0, 0.1) is 5.41 Å². The fraction of sp³-hybridized carbons (Fsp3) is 0.467. The second-order valence-electron chi connectivity index (χ2n) is 5.66. The molecule has 1 aliphatic rings. The van der Waals surface area contributed by atoms with Crippen LogP contribution >= 0.6 is 0 Å². The molecule has 1 unspecified atom stereocenters. The first kappa shape index (κ1) is 12.4. The number of nitrogens with zero attached hydrogens (tertiary/aromatic N) is 2. The van der Waals surface area contributed by atoms with Gasteiger partial charge in [-0.3, -0.25) is 4.79 Å². The third kappa shape index (κ3) is 2.06. The van der Waals surface area contributed by atoms with Crippen LogP contribution in [-0.4, -0.2) is 28.4 Å². The van der Waals surface area contributed by atoms with E-state index in [1.165, 1.54) is 0 Å². The van der Waals surface area contributed by atoms with E-state index in [-0.39, 0.29) is 11.2 Å². The number of hydrogen-bond donors (Lipinski definition) is 1. The summed E-state index contributed by atoms with van der Waals surface area (Å²) in [4.78, 5) is 17.0. The van der Waals surface area contributed by atoms with Crippen LogP contribution in [0.15, 0.2) is 24.3 Å². The second-order valence-corrected chi connectivity index (χ2v) is 5.66. The number of ketones is 1. The molecule has 0 amide bonds. The summed E-state index contributed by atoms with van der Waals surface area (Å²) in [6.07, 6.45) is 1.35. The predicted octanol–water partition coefficient (Wildman–Crippen LogP) is 1.68. The molecule has 1 saturated heterocycles. The average Bonchev–Trinajstić information content (AvgIpc) is 2.97. The molecule has 0 bridgehead atoms. The molecule has 19 heavy (non-hydrogen) atoms. The largest absolute Gasteiger partial charge is 0.331 e. The molecule has 4 heteroatoms. The van der Waals surface area contributed by atoms with Gasteiger partial charge < -0.3 is 9.88 Å². The van der Waals surface area contributed by atoms with Crippen molar-refractivity contribution in [3.05, 3.63) is 30.1 Å². The Balaban J connectivity index is 1.89. The second kappa shape index (κ2) is 4.46. The lowest BCUT2D eigenvalue weighted by Crippen LogP contribution is -2.32. The monoisotopic (exact) mass is 257 g/mol. The Morgan fingerprint density at radius 1 is 1.47 bits per heavy atom. The molecule has 1 aromatic heterocycles. The van der Waals surface area contributed by atoms with Crippen molar-refractivity contribution in [2.45, 2.75) is 19.8 Å². The first-order chi connectivity index (χ1) is 9.10. The van der Waals surface area contributed by atoms with E-state index in [0.717, 1.165) is 36.4 Å². The molecule has 0 aliphatic carbocycles. The Labute approximate surface area is 112 Å². The summed E-state index contributed by atoms with van der Waals surface area (Å²) in [7, 11) is 1.98. The zero-order valence-electron chi connectivity index (χ0n) is 11.4. The quantitative estimate of drug-likeness (QED) is 0.910. The summed E-state index contributed by atoms with van der Waals surface area (Å²) in [6.45, 7) is 3.78. The lowest BCUT2D eigenvalue weighted by atomic mass is 9.83. The van der Waals surface area contributed by atoms with Crippen LogP contribution in [0.5, 0.6) is 0 Å². The minimum atomic E-state index is -0.224. The maximum Gasteiger partial charge on any atom is 0.147 e. The van der Waals surface area contributed by atoms with E-state index in [2.05, 4.69) is 17.2 Å². The third-order valence-electron chi connectivity index (χ3n) is 4.24. The summed E-state index contributed by atoms with van der Waals surface area (Å²) < 4.78 is 2.03. The van der Waals surface area contributed by atoms with Crippen molar-refractivity contribution >= 4 is 16.8 Å². The molecule has 0 spiro atoms. The summed E-state index contributed by atoms with van der Waals surface area (Å²) in [5.41, 5.74) is 1.82. The lowest BCUT2D eigenvalue weighted by Gasteiger charge is -2.20. The standard InChI is InChI=1S/C15H19N3O/c1-15(7-8-16-10-15)13(19)9-14-17-11-5-3-4-6-12(11)18(14)2/h3-6,16H,7-10H2,1-2H3. The van der Waals surface area contributed by atoms with Gasteiger partial charge in [0.25, 0.3) is 0 Å². The first-order valence-electron chi connectivity index (χ1n) is 6.74. The topological polar surface area (TPSA) is 46.9 Å². The number of carbonyl (C=O) groups is 1. The van der Waals surface area contributed by atoms with Gasteiger partial charge in [-0.1, -0.05) is 19.1 Å². The number of carbonyl (C=O) groups excluding carboxylic acids is 1. The number of rotatable bonds is 3. The van der Waals surface area contributed by atoms with E-state index < -0.39 is 0 Å². The minimum Gasteiger partial charge on any atom is -0.331 e. The van der Waals surface area contributed by atoms with Crippen LogP contribution < -0.4 is 5.32 Å². The molecule has 1 atom stereocenters. The molecule has 2 aromatic rings. The van der Waals surface area contributed by atoms with Gasteiger partial charge in [0, 0.05) is 19.0 Å². The van der Waals surface area contributed by atoms with Gasteiger partial charge in [-0.25, -0.2) is 4.98 Å². The van der Waals surface area contributed by atoms with Crippen molar-refractivity contribution in [3.8, 4) is 0 Å². The number of aromatic nitrogens is 2. The number of Topliss-reactive ketones (excluding diaryl/α,β-unsaturated/α-hetero) is 1. The number of hydrogen-bond acceptors (Lipinski definition) is 3. The molecule has 1 aromatic carbocycles. The van der Waals surface area contributed by atoms with Crippen LogP contribution in [0.2, 0.25) is 0 Å². The average molecular weight is 257 g/mol. The van der Waals surface area contributed by atoms with E-state index >= 15 is 0 Å². The molecule has 1 N–H and O–H groups in total. The van der Waals surface area contributed by atoms with Crippen molar-refractivity contribution in [1.29, 1.82) is 0 Å². The van der Waals surface area contributed by atoms with Crippen molar-refractivity contribution in [2.75, 3.05) is 13.1 Å². The molecule has 100 valence electrons. The van der Waals surface area contributed by atoms with Crippen LogP contribution in [0.25, 0.3) is 11.0 Å². The Kier molecular flexibility index (Phi) is 2.90. The Morgan fingerprint density at radius 3 is 2.95 bits per heavy atom. The summed E-state index contributed by atoms with van der Waals surface area (Å²) in [5, 5.41) is 3.27. The SMILES string of the molecule is Cn1c(CC(=O)C2(C)CCNC2)nc2ccccc21. The van der Waals surface area contributed by atoms with Crippen LogP contribution in [-0.2, 0) is 18.3 Å². The Morgan fingerprint density at radius 2 is 2.26 bits per heavy atom. The van der Waals surface area contributed by atoms with Gasteiger partial charge in [-0.2, -0.15) is 0 Å². The highest BCUT2D eigenvalue weighted by Crippen LogP contribution is 2.27. The number of benzene rings is 1. The number of fused-ring (bicyclic) bond motifs is 1. The maximum absolute atomic E-state index is 12.5. The van der Waals surface area contributed by atoms with Gasteiger partial charge in [-0.05, 0) is 25.1 Å². The summed E-state index contributed by atoms with van der Waals surface area (Å²) in [6, 6.07) is 8.00. The highest BCUT2D eigenvalue weighted by atomic mass is 16.1. The fourth-order valence-corrected chi connectivity index (χ4v) is 2.77. The van der Waals surface area contributed by atoms with Gasteiger partial charge in [0.2, 0.25) is 0 Å². The lowest BCUT2D eigenvalue weighted by molar-refractivity contribution is -0.126. The zero-order valence-corrected chi connectivity index (χ0v) is 11.4. The van der Waals surface area contributed by atoms with Gasteiger partial charge in [0.05, 0.1) is 17.5 Å². The van der Waals surface area contributed by atoms with E-state index in [4.69, 9.17) is 0 Å².